The fourth-order valence-electron chi connectivity index (χ4n) is 3.60. The van der Waals surface area contributed by atoms with Gasteiger partial charge in [0.25, 0.3) is 0 Å². The Kier molecular flexibility index (Phi) is 5.10. The lowest BCUT2D eigenvalue weighted by molar-refractivity contribution is -0.0853. The Morgan fingerprint density at radius 1 is 1.62 bits per heavy atom. The van der Waals surface area contributed by atoms with Crippen molar-refractivity contribution >= 4 is 23.4 Å². The van der Waals surface area contributed by atoms with Crippen LogP contribution >= 0.6 is 23.4 Å². The van der Waals surface area contributed by atoms with Crippen molar-refractivity contribution < 1.29 is 4.74 Å². The molecule has 21 heavy (non-hydrogen) atoms. The Balaban J connectivity index is 1.82. The van der Waals surface area contributed by atoms with Crippen LogP contribution in [0.25, 0.3) is 0 Å². The van der Waals surface area contributed by atoms with Crippen molar-refractivity contribution in [3.8, 4) is 0 Å². The highest BCUT2D eigenvalue weighted by Crippen LogP contribution is 2.44. The van der Waals surface area contributed by atoms with E-state index in [1.165, 1.54) is 17.7 Å². The maximum Gasteiger partial charge on any atom is 0.0783 e. The van der Waals surface area contributed by atoms with E-state index < -0.39 is 0 Å². The summed E-state index contributed by atoms with van der Waals surface area (Å²) in [6.07, 6.45) is 7.02. The summed E-state index contributed by atoms with van der Waals surface area (Å²) in [6, 6.07) is 2.36. The molecule has 0 radical (unpaired) electrons. The SMILES string of the molecule is CCNC(c1ccncc1Cl)C1CCOC2(CCSC2)C1. The molecule has 3 rings (SSSR count). The number of pyridine rings is 1. The molecule has 1 aromatic rings. The van der Waals surface area contributed by atoms with Gasteiger partial charge in [-0.25, -0.2) is 0 Å². The summed E-state index contributed by atoms with van der Waals surface area (Å²) in [5.74, 6) is 2.96. The Hall–Kier alpha value is -0.290. The second kappa shape index (κ2) is 6.86. The zero-order chi connectivity index (χ0) is 14.7. The van der Waals surface area contributed by atoms with Gasteiger partial charge < -0.3 is 10.1 Å². The van der Waals surface area contributed by atoms with Crippen molar-refractivity contribution in [2.24, 2.45) is 5.92 Å². The van der Waals surface area contributed by atoms with E-state index in [1.54, 1.807) is 6.20 Å². The third-order valence-corrected chi connectivity index (χ3v) is 6.17. The zero-order valence-electron chi connectivity index (χ0n) is 12.5. The van der Waals surface area contributed by atoms with E-state index in [2.05, 4.69) is 23.3 Å². The largest absolute Gasteiger partial charge is 0.374 e. The van der Waals surface area contributed by atoms with Gasteiger partial charge in [0.05, 0.1) is 10.6 Å². The van der Waals surface area contributed by atoms with Crippen LogP contribution in [0.5, 0.6) is 0 Å². The summed E-state index contributed by atoms with van der Waals surface area (Å²) in [4.78, 5) is 4.12. The molecular weight excluding hydrogens is 304 g/mol. The average Bonchev–Trinajstić information content (AvgIpc) is 2.93. The Morgan fingerprint density at radius 2 is 2.52 bits per heavy atom. The highest BCUT2D eigenvalue weighted by molar-refractivity contribution is 7.99. The number of rotatable bonds is 4. The topological polar surface area (TPSA) is 34.2 Å². The molecule has 2 fully saturated rings. The first-order valence-corrected chi connectivity index (χ1v) is 9.32. The Bertz CT molecular complexity index is 479. The maximum absolute atomic E-state index is 6.39. The number of thioether (sulfide) groups is 1. The Labute approximate surface area is 136 Å². The quantitative estimate of drug-likeness (QED) is 0.915. The summed E-state index contributed by atoms with van der Waals surface area (Å²) in [7, 11) is 0. The molecule has 3 heterocycles. The lowest BCUT2D eigenvalue weighted by Crippen LogP contribution is -2.43. The van der Waals surface area contributed by atoms with Crippen molar-refractivity contribution in [1.82, 2.24) is 10.3 Å². The molecule has 2 aliphatic rings. The third kappa shape index (κ3) is 3.39. The molecule has 0 amide bonds. The normalized spacial score (nSPS) is 30.7. The molecule has 116 valence electrons. The molecular formula is C16H23ClN2OS. The van der Waals surface area contributed by atoms with E-state index in [-0.39, 0.29) is 5.60 Å². The van der Waals surface area contributed by atoms with Gasteiger partial charge in [0.15, 0.2) is 0 Å². The van der Waals surface area contributed by atoms with Crippen LogP contribution in [-0.2, 0) is 4.74 Å². The van der Waals surface area contributed by atoms with Crippen LogP contribution in [0.2, 0.25) is 5.02 Å². The smallest absolute Gasteiger partial charge is 0.0783 e. The van der Waals surface area contributed by atoms with Gasteiger partial charge in [0.1, 0.15) is 0 Å². The van der Waals surface area contributed by atoms with Gasteiger partial charge in [0.2, 0.25) is 0 Å². The van der Waals surface area contributed by atoms with E-state index >= 15 is 0 Å². The monoisotopic (exact) mass is 326 g/mol. The van der Waals surface area contributed by atoms with Gasteiger partial charge in [-0.15, -0.1) is 0 Å². The number of hydrogen-bond donors (Lipinski definition) is 1. The van der Waals surface area contributed by atoms with Gasteiger partial charge in [0, 0.05) is 30.8 Å². The zero-order valence-corrected chi connectivity index (χ0v) is 14.1. The van der Waals surface area contributed by atoms with Crippen LogP contribution in [0.15, 0.2) is 18.5 Å². The molecule has 0 saturated carbocycles. The second-order valence-corrected chi connectivity index (χ2v) is 7.53. The fourth-order valence-corrected chi connectivity index (χ4v) is 5.22. The molecule has 1 spiro atoms. The van der Waals surface area contributed by atoms with E-state index in [9.17, 15) is 0 Å². The molecule has 0 aromatic carbocycles. The van der Waals surface area contributed by atoms with Gasteiger partial charge >= 0.3 is 0 Å². The van der Waals surface area contributed by atoms with Crippen LogP contribution < -0.4 is 5.32 Å². The van der Waals surface area contributed by atoms with Crippen LogP contribution in [0.4, 0.5) is 0 Å². The van der Waals surface area contributed by atoms with Crippen LogP contribution in [-0.4, -0.2) is 35.2 Å². The molecule has 2 aliphatic heterocycles. The maximum atomic E-state index is 6.39. The van der Waals surface area contributed by atoms with Crippen LogP contribution in [0.3, 0.4) is 0 Å². The van der Waals surface area contributed by atoms with Crippen LogP contribution in [0.1, 0.15) is 37.8 Å². The van der Waals surface area contributed by atoms with Gasteiger partial charge in [-0.1, -0.05) is 18.5 Å². The number of nitrogens with one attached hydrogen (secondary N) is 1. The first kappa shape index (κ1) is 15.6. The van der Waals surface area contributed by atoms with E-state index in [1.807, 2.05) is 18.0 Å². The molecule has 0 bridgehead atoms. The van der Waals surface area contributed by atoms with Crippen molar-refractivity contribution in [1.29, 1.82) is 0 Å². The summed E-state index contributed by atoms with van der Waals surface area (Å²) < 4.78 is 6.16. The van der Waals surface area contributed by atoms with Gasteiger partial charge in [-0.05, 0) is 49.1 Å². The number of nitrogens with zero attached hydrogens (tertiary/aromatic N) is 1. The number of ether oxygens (including phenoxy) is 1. The molecule has 2 saturated heterocycles. The van der Waals surface area contributed by atoms with Crippen molar-refractivity contribution in [2.45, 2.75) is 37.8 Å². The van der Waals surface area contributed by atoms with Gasteiger partial charge in [-0.3, -0.25) is 4.98 Å². The molecule has 1 N–H and O–H groups in total. The first-order valence-electron chi connectivity index (χ1n) is 7.78. The summed E-state index contributed by atoms with van der Waals surface area (Å²) in [6.45, 7) is 3.97. The average molecular weight is 327 g/mol. The third-order valence-electron chi connectivity index (χ3n) is 4.63. The highest BCUT2D eigenvalue weighted by Gasteiger charge is 2.42. The second-order valence-electron chi connectivity index (χ2n) is 6.02. The molecule has 0 aliphatic carbocycles. The van der Waals surface area contributed by atoms with E-state index in [4.69, 9.17) is 16.3 Å². The number of aromatic nitrogens is 1. The predicted molar refractivity (Wildman–Crippen MR) is 89.0 cm³/mol. The lowest BCUT2D eigenvalue weighted by atomic mass is 9.79. The lowest BCUT2D eigenvalue weighted by Gasteiger charge is -2.41. The molecule has 3 nitrogen and oxygen atoms in total. The number of halogens is 1. The molecule has 1 aromatic heterocycles. The molecule has 3 atom stereocenters. The summed E-state index contributed by atoms with van der Waals surface area (Å²) in [5, 5.41) is 4.41. The Morgan fingerprint density at radius 3 is 3.24 bits per heavy atom. The highest BCUT2D eigenvalue weighted by atomic mass is 35.5. The molecule has 5 heteroatoms. The van der Waals surface area contributed by atoms with Gasteiger partial charge in [-0.2, -0.15) is 11.8 Å². The van der Waals surface area contributed by atoms with Crippen molar-refractivity contribution in [3.63, 3.8) is 0 Å². The van der Waals surface area contributed by atoms with Crippen LogP contribution in [0, 0.1) is 5.92 Å². The predicted octanol–water partition coefficient (Wildman–Crippen LogP) is 3.69. The van der Waals surface area contributed by atoms with Crippen molar-refractivity contribution in [3.05, 3.63) is 29.0 Å². The molecule has 3 unspecified atom stereocenters. The summed E-state index contributed by atoms with van der Waals surface area (Å²) >= 11 is 8.41. The standard InChI is InChI=1S/C16H23ClN2OS/c1-2-19-15(13-3-6-18-10-14(13)17)12-4-7-20-16(9-12)5-8-21-11-16/h3,6,10,12,15,19H,2,4-5,7-9,11H2,1H3. The fraction of sp³-hybridized carbons (Fsp3) is 0.688. The van der Waals surface area contributed by atoms with E-state index in [0.29, 0.717) is 12.0 Å². The van der Waals surface area contributed by atoms with Crippen molar-refractivity contribution in [2.75, 3.05) is 24.7 Å². The minimum Gasteiger partial charge on any atom is -0.374 e. The first-order chi connectivity index (χ1) is 10.2. The number of hydrogen-bond acceptors (Lipinski definition) is 4. The summed E-state index contributed by atoms with van der Waals surface area (Å²) in [5.41, 5.74) is 1.29. The van der Waals surface area contributed by atoms with E-state index in [0.717, 1.165) is 36.8 Å². The minimum absolute atomic E-state index is 0.112. The minimum atomic E-state index is 0.112.